The Morgan fingerprint density at radius 2 is 1.50 bits per heavy atom. The van der Waals surface area contributed by atoms with Crippen LogP contribution < -0.4 is 5.32 Å². The van der Waals surface area contributed by atoms with Gasteiger partial charge in [-0.3, -0.25) is 4.79 Å². The number of phenols is 1. The Kier molecular flexibility index (Phi) is 7.01. The molecule has 0 radical (unpaired) electrons. The third-order valence-electron chi connectivity index (χ3n) is 4.27. The van der Waals surface area contributed by atoms with E-state index in [0.717, 1.165) is 16.0 Å². The Hall–Kier alpha value is -1.36. The molecule has 0 saturated heterocycles. The number of phenolic OH excluding ortho intramolecular Hbond substituents is 1. The van der Waals surface area contributed by atoms with Crippen LogP contribution in [-0.4, -0.2) is 16.8 Å². The molecule has 152 valence electrons. The second kappa shape index (κ2) is 8.56. The highest BCUT2D eigenvalue weighted by molar-refractivity contribution is 8.00. The fraction of sp³-hybridized carbons (Fsp3) is 0.409. The maximum atomic E-state index is 12.4. The molecule has 2 N–H and O–H groups in total. The van der Waals surface area contributed by atoms with Crippen molar-refractivity contribution in [3.63, 3.8) is 0 Å². The van der Waals surface area contributed by atoms with E-state index in [0.29, 0.717) is 21.5 Å². The number of halogens is 2. The Balaban J connectivity index is 2.21. The molecule has 0 aliphatic heterocycles. The highest BCUT2D eigenvalue weighted by atomic mass is 35.5. The molecule has 0 fully saturated rings. The number of anilines is 1. The first kappa shape index (κ1) is 22.9. The van der Waals surface area contributed by atoms with Gasteiger partial charge in [0.1, 0.15) is 5.75 Å². The lowest BCUT2D eigenvalue weighted by atomic mass is 9.79. The second-order valence-corrected chi connectivity index (χ2v) is 10.7. The number of thioether (sulfide) groups is 1. The van der Waals surface area contributed by atoms with Crippen LogP contribution in [0.3, 0.4) is 0 Å². The molecule has 3 nitrogen and oxygen atoms in total. The van der Waals surface area contributed by atoms with E-state index in [1.807, 2.05) is 12.1 Å². The van der Waals surface area contributed by atoms with Gasteiger partial charge in [0.2, 0.25) is 5.91 Å². The molecule has 2 aromatic carbocycles. The third kappa shape index (κ3) is 5.82. The Labute approximate surface area is 181 Å². The van der Waals surface area contributed by atoms with E-state index in [4.69, 9.17) is 23.2 Å². The number of carbonyl (C=O) groups is 1. The lowest BCUT2D eigenvalue weighted by Gasteiger charge is -2.28. The summed E-state index contributed by atoms with van der Waals surface area (Å²) in [7, 11) is 0. The van der Waals surface area contributed by atoms with Gasteiger partial charge in [-0.25, -0.2) is 0 Å². The fourth-order valence-corrected chi connectivity index (χ4v) is 3.82. The van der Waals surface area contributed by atoms with Crippen molar-refractivity contribution in [1.29, 1.82) is 0 Å². The van der Waals surface area contributed by atoms with Crippen LogP contribution in [0.15, 0.2) is 35.2 Å². The van der Waals surface area contributed by atoms with Gasteiger partial charge in [0.05, 0.1) is 15.8 Å². The van der Waals surface area contributed by atoms with Crippen LogP contribution >= 0.6 is 35.0 Å². The van der Waals surface area contributed by atoms with Crippen molar-refractivity contribution in [3.8, 4) is 5.75 Å². The molecule has 1 amide bonds. The first-order valence-electron chi connectivity index (χ1n) is 9.04. The zero-order valence-corrected chi connectivity index (χ0v) is 19.4. The van der Waals surface area contributed by atoms with E-state index in [1.54, 1.807) is 18.2 Å². The lowest BCUT2D eigenvalue weighted by Crippen LogP contribution is -2.18. The molecular weight excluding hydrogens is 413 g/mol. The van der Waals surface area contributed by atoms with Crippen LogP contribution in [0.4, 0.5) is 5.69 Å². The second-order valence-electron chi connectivity index (χ2n) is 8.83. The van der Waals surface area contributed by atoms with Gasteiger partial charge >= 0.3 is 0 Å². The zero-order valence-electron chi connectivity index (χ0n) is 17.1. The van der Waals surface area contributed by atoms with E-state index in [-0.39, 0.29) is 22.5 Å². The Bertz CT molecular complexity index is 848. The summed E-state index contributed by atoms with van der Waals surface area (Å²) in [5.74, 6) is 0.453. The zero-order chi connectivity index (χ0) is 21.3. The summed E-state index contributed by atoms with van der Waals surface area (Å²) in [5, 5.41) is 14.5. The van der Waals surface area contributed by atoms with Crippen molar-refractivity contribution in [2.75, 3.05) is 11.1 Å². The quantitative estimate of drug-likeness (QED) is 0.502. The van der Waals surface area contributed by atoms with Crippen molar-refractivity contribution in [3.05, 3.63) is 51.5 Å². The van der Waals surface area contributed by atoms with Crippen LogP contribution in [-0.2, 0) is 15.6 Å². The SMILES string of the molecule is CC(C)(C)c1cc(SCC(=O)Nc2ccc(Cl)c(Cl)c2)cc(C(C)(C)C)c1O. The van der Waals surface area contributed by atoms with Crippen molar-refractivity contribution in [2.24, 2.45) is 0 Å². The number of hydrogen-bond acceptors (Lipinski definition) is 3. The van der Waals surface area contributed by atoms with Gasteiger partial charge < -0.3 is 10.4 Å². The topological polar surface area (TPSA) is 49.3 Å². The van der Waals surface area contributed by atoms with E-state index in [9.17, 15) is 9.90 Å². The summed E-state index contributed by atoms with van der Waals surface area (Å²) in [4.78, 5) is 13.3. The van der Waals surface area contributed by atoms with Gasteiger partial charge in [-0.05, 0) is 41.2 Å². The summed E-state index contributed by atoms with van der Waals surface area (Å²) in [5.41, 5.74) is 1.96. The molecule has 0 aromatic heterocycles. The standard InChI is InChI=1S/C22H27Cl2NO2S/c1-21(2,3)15-10-14(11-16(20(15)27)22(4,5)6)28-12-19(26)25-13-7-8-17(23)18(24)9-13/h7-11,27H,12H2,1-6H3,(H,25,26). The fourth-order valence-electron chi connectivity index (χ4n) is 2.75. The summed E-state index contributed by atoms with van der Waals surface area (Å²) in [6.07, 6.45) is 0. The van der Waals surface area contributed by atoms with Crippen molar-refractivity contribution in [1.82, 2.24) is 0 Å². The van der Waals surface area contributed by atoms with Gasteiger partial charge in [0.25, 0.3) is 0 Å². The van der Waals surface area contributed by atoms with Crippen LogP contribution in [0.25, 0.3) is 0 Å². The normalized spacial score (nSPS) is 12.1. The molecule has 0 aliphatic carbocycles. The van der Waals surface area contributed by atoms with Crippen LogP contribution in [0.1, 0.15) is 52.7 Å². The van der Waals surface area contributed by atoms with Crippen molar-refractivity contribution >= 4 is 46.6 Å². The summed E-state index contributed by atoms with van der Waals surface area (Å²) in [6.45, 7) is 12.4. The highest BCUT2D eigenvalue weighted by Crippen LogP contribution is 2.41. The molecule has 0 spiro atoms. The largest absolute Gasteiger partial charge is 0.507 e. The van der Waals surface area contributed by atoms with E-state index >= 15 is 0 Å². The minimum Gasteiger partial charge on any atom is -0.507 e. The van der Waals surface area contributed by atoms with E-state index < -0.39 is 0 Å². The molecule has 28 heavy (non-hydrogen) atoms. The minimum atomic E-state index is -0.205. The predicted molar refractivity (Wildman–Crippen MR) is 121 cm³/mol. The van der Waals surface area contributed by atoms with Crippen LogP contribution in [0.2, 0.25) is 10.0 Å². The van der Waals surface area contributed by atoms with Gasteiger partial charge in [0.15, 0.2) is 0 Å². The van der Waals surface area contributed by atoms with Gasteiger partial charge in [-0.1, -0.05) is 64.7 Å². The van der Waals surface area contributed by atoms with Gasteiger partial charge in [0, 0.05) is 21.7 Å². The molecule has 0 unspecified atom stereocenters. The van der Waals surface area contributed by atoms with Gasteiger partial charge in [-0.2, -0.15) is 0 Å². The number of nitrogens with one attached hydrogen (secondary N) is 1. The molecule has 6 heteroatoms. The van der Waals surface area contributed by atoms with Crippen molar-refractivity contribution in [2.45, 2.75) is 57.3 Å². The average Bonchev–Trinajstić information content (AvgIpc) is 2.55. The molecule has 0 aliphatic rings. The van der Waals surface area contributed by atoms with Crippen LogP contribution in [0, 0.1) is 0 Å². The third-order valence-corrected chi connectivity index (χ3v) is 5.99. The molecule has 0 atom stereocenters. The summed E-state index contributed by atoms with van der Waals surface area (Å²) in [6, 6.07) is 8.94. The maximum Gasteiger partial charge on any atom is 0.234 e. The number of aromatic hydroxyl groups is 1. The molecule has 2 rings (SSSR count). The number of benzene rings is 2. The number of amides is 1. The first-order valence-corrected chi connectivity index (χ1v) is 10.8. The highest BCUT2D eigenvalue weighted by Gasteiger charge is 2.26. The number of rotatable bonds is 4. The van der Waals surface area contributed by atoms with E-state index in [1.165, 1.54) is 11.8 Å². The monoisotopic (exact) mass is 439 g/mol. The molecule has 2 aromatic rings. The summed E-state index contributed by atoms with van der Waals surface area (Å²) < 4.78 is 0. The summed E-state index contributed by atoms with van der Waals surface area (Å²) >= 11 is 13.3. The molecule has 0 saturated carbocycles. The lowest BCUT2D eigenvalue weighted by molar-refractivity contribution is -0.113. The van der Waals surface area contributed by atoms with E-state index in [2.05, 4.69) is 46.9 Å². The van der Waals surface area contributed by atoms with Gasteiger partial charge in [-0.15, -0.1) is 11.8 Å². The van der Waals surface area contributed by atoms with Crippen LogP contribution in [0.5, 0.6) is 5.75 Å². The maximum absolute atomic E-state index is 12.4. The average molecular weight is 440 g/mol. The molecular formula is C22H27Cl2NO2S. The molecule has 0 heterocycles. The molecule has 0 bridgehead atoms. The minimum absolute atomic E-state index is 0.133. The van der Waals surface area contributed by atoms with Crippen molar-refractivity contribution < 1.29 is 9.90 Å². The smallest absolute Gasteiger partial charge is 0.234 e. The Morgan fingerprint density at radius 3 is 1.96 bits per heavy atom. The predicted octanol–water partition coefficient (Wildman–Crippen LogP) is 7.02. The number of carbonyl (C=O) groups excluding carboxylic acids is 1. The number of hydrogen-bond donors (Lipinski definition) is 2. The first-order chi connectivity index (χ1) is 12.8. The Morgan fingerprint density at radius 1 is 0.964 bits per heavy atom.